The van der Waals surface area contributed by atoms with E-state index in [0.29, 0.717) is 32.8 Å². The van der Waals surface area contributed by atoms with Crippen molar-refractivity contribution in [2.75, 3.05) is 6.61 Å². The van der Waals surface area contributed by atoms with Crippen molar-refractivity contribution in [2.24, 2.45) is 0 Å². The minimum Gasteiger partial charge on any atom is -0.490 e. The topological polar surface area (TPSA) is 128 Å². The lowest BCUT2D eigenvalue weighted by atomic mass is 10.0. The average molecular weight is 605 g/mol. The summed E-state index contributed by atoms with van der Waals surface area (Å²) in [6, 6.07) is 8.66. The number of benzene rings is 2. The number of carbonyl (C=O) groups excluding carboxylic acids is 3. The first-order valence-electron chi connectivity index (χ1n) is 11.5. The molecule has 2 aromatic rings. The highest BCUT2D eigenvalue weighted by Gasteiger charge is 2.40. The van der Waals surface area contributed by atoms with Gasteiger partial charge in [-0.1, -0.05) is 25.0 Å². The molecule has 2 fully saturated rings. The molecule has 0 aromatic heterocycles. The fourth-order valence-electron chi connectivity index (χ4n) is 4.32. The van der Waals surface area contributed by atoms with E-state index in [1.165, 1.54) is 18.2 Å². The van der Waals surface area contributed by atoms with Crippen LogP contribution < -0.4 is 14.8 Å². The first kappa shape index (κ1) is 25.6. The Morgan fingerprint density at radius 2 is 1.92 bits per heavy atom. The van der Waals surface area contributed by atoms with Gasteiger partial charge in [-0.15, -0.1) is 0 Å². The number of hydrogen-bond acceptors (Lipinski definition) is 7. The number of imide groups is 2. The van der Waals surface area contributed by atoms with Crippen LogP contribution in [0.25, 0.3) is 6.08 Å². The third-order valence-electron chi connectivity index (χ3n) is 5.97. The van der Waals surface area contributed by atoms with Gasteiger partial charge in [-0.2, -0.15) is 0 Å². The molecule has 1 saturated heterocycles. The number of ether oxygens (including phenoxy) is 2. The van der Waals surface area contributed by atoms with E-state index >= 15 is 0 Å². The minimum absolute atomic E-state index is 0.0293. The second kappa shape index (κ2) is 11.1. The fraction of sp³-hybridized carbons (Fsp3) is 0.320. The number of urea groups is 1. The van der Waals surface area contributed by atoms with Crippen molar-refractivity contribution in [1.82, 2.24) is 10.2 Å². The molecule has 4 amide bonds. The van der Waals surface area contributed by atoms with E-state index in [2.05, 4.69) is 27.9 Å². The van der Waals surface area contributed by atoms with Gasteiger partial charge in [-0.25, -0.2) is 4.79 Å². The van der Waals surface area contributed by atoms with Crippen LogP contribution >= 0.6 is 22.6 Å². The molecule has 1 N–H and O–H groups in total. The summed E-state index contributed by atoms with van der Waals surface area (Å²) in [5, 5.41) is 13.3. The van der Waals surface area contributed by atoms with Crippen molar-refractivity contribution < 1.29 is 28.8 Å². The van der Waals surface area contributed by atoms with E-state index in [1.54, 1.807) is 24.3 Å². The van der Waals surface area contributed by atoms with Crippen LogP contribution in [0.5, 0.6) is 11.5 Å². The largest absolute Gasteiger partial charge is 0.490 e. The lowest BCUT2D eigenvalue weighted by Gasteiger charge is -2.31. The van der Waals surface area contributed by atoms with Crippen LogP contribution in [0.4, 0.5) is 10.5 Å². The van der Waals surface area contributed by atoms with E-state index in [4.69, 9.17) is 9.47 Å². The third kappa shape index (κ3) is 5.50. The van der Waals surface area contributed by atoms with Gasteiger partial charge in [0.1, 0.15) is 12.2 Å². The maximum Gasteiger partial charge on any atom is 0.331 e. The lowest BCUT2D eigenvalue weighted by Crippen LogP contribution is -2.57. The number of non-ortho nitro benzene ring substituents is 1. The average Bonchev–Trinajstić information content (AvgIpc) is 3.36. The monoisotopic (exact) mass is 605 g/mol. The molecule has 1 aliphatic carbocycles. The predicted octanol–water partition coefficient (Wildman–Crippen LogP) is 4.58. The van der Waals surface area contributed by atoms with Gasteiger partial charge in [0.05, 0.1) is 15.1 Å². The van der Waals surface area contributed by atoms with Crippen LogP contribution in [0.1, 0.15) is 43.7 Å². The number of rotatable bonds is 8. The van der Waals surface area contributed by atoms with Crippen LogP contribution in [0.15, 0.2) is 42.0 Å². The molecule has 0 spiro atoms. The van der Waals surface area contributed by atoms with E-state index in [0.717, 1.165) is 30.6 Å². The quantitative estimate of drug-likeness (QED) is 0.153. The maximum absolute atomic E-state index is 13.1. The number of halogens is 1. The molecule has 2 aromatic carbocycles. The second-order valence-corrected chi connectivity index (χ2v) is 9.57. The summed E-state index contributed by atoms with van der Waals surface area (Å²) in [6.45, 7) is 2.23. The first-order chi connectivity index (χ1) is 17.3. The normalized spacial score (nSPS) is 17.4. The number of nitro groups is 1. The molecule has 1 aliphatic heterocycles. The number of amides is 4. The zero-order chi connectivity index (χ0) is 25.8. The van der Waals surface area contributed by atoms with Crippen LogP contribution in [-0.4, -0.2) is 40.3 Å². The molecular formula is C25H24IN3O7. The highest BCUT2D eigenvalue weighted by atomic mass is 127. The molecule has 0 bridgehead atoms. The van der Waals surface area contributed by atoms with Crippen molar-refractivity contribution in [3.05, 3.63) is 66.8 Å². The molecule has 4 rings (SSSR count). The molecule has 1 heterocycles. The summed E-state index contributed by atoms with van der Waals surface area (Å²) in [7, 11) is 0. The van der Waals surface area contributed by atoms with Gasteiger partial charge >= 0.3 is 6.03 Å². The van der Waals surface area contributed by atoms with Crippen molar-refractivity contribution in [1.29, 1.82) is 0 Å². The van der Waals surface area contributed by atoms with Gasteiger partial charge in [0.25, 0.3) is 17.5 Å². The Kier molecular flexibility index (Phi) is 7.87. The Bertz CT molecular complexity index is 1250. The van der Waals surface area contributed by atoms with Crippen LogP contribution in [-0.2, 0) is 16.2 Å². The molecule has 10 nitrogen and oxygen atoms in total. The molecule has 0 unspecified atom stereocenters. The highest BCUT2D eigenvalue weighted by Crippen LogP contribution is 2.36. The van der Waals surface area contributed by atoms with Crippen molar-refractivity contribution >= 4 is 52.2 Å². The molecule has 0 atom stereocenters. The molecule has 0 radical (unpaired) electrons. The van der Waals surface area contributed by atoms with Gasteiger partial charge in [-0.3, -0.25) is 29.9 Å². The van der Waals surface area contributed by atoms with E-state index in [1.807, 2.05) is 6.92 Å². The lowest BCUT2D eigenvalue weighted by molar-refractivity contribution is -0.384. The Labute approximate surface area is 220 Å². The molecular weight excluding hydrogens is 581 g/mol. The summed E-state index contributed by atoms with van der Waals surface area (Å²) in [6.07, 6.45) is 4.76. The maximum atomic E-state index is 13.1. The Morgan fingerprint density at radius 1 is 1.17 bits per heavy atom. The molecule has 1 saturated carbocycles. The van der Waals surface area contributed by atoms with Gasteiger partial charge < -0.3 is 9.47 Å². The molecule has 36 heavy (non-hydrogen) atoms. The highest BCUT2D eigenvalue weighted by molar-refractivity contribution is 14.1. The van der Waals surface area contributed by atoms with Crippen LogP contribution in [0.3, 0.4) is 0 Å². The minimum atomic E-state index is -0.738. The summed E-state index contributed by atoms with van der Waals surface area (Å²) >= 11 is 2.06. The Morgan fingerprint density at radius 3 is 2.61 bits per heavy atom. The SMILES string of the molecule is CCOc1cc(/C=C2\C(=O)NC(=O)N(C3CCCC3)C2=O)cc(I)c1OCc1cccc([N+](=O)[O-])c1. The van der Waals surface area contributed by atoms with Crippen LogP contribution in [0.2, 0.25) is 0 Å². The van der Waals surface area contributed by atoms with Crippen molar-refractivity contribution in [3.63, 3.8) is 0 Å². The third-order valence-corrected chi connectivity index (χ3v) is 6.77. The fourth-order valence-corrected chi connectivity index (χ4v) is 5.10. The van der Waals surface area contributed by atoms with Crippen molar-refractivity contribution in [3.8, 4) is 11.5 Å². The summed E-state index contributed by atoms with van der Waals surface area (Å²) in [4.78, 5) is 49.7. The predicted molar refractivity (Wildman–Crippen MR) is 138 cm³/mol. The molecule has 11 heteroatoms. The Balaban J connectivity index is 1.61. The number of nitrogens with zero attached hydrogens (tertiary/aromatic N) is 2. The number of barbiturate groups is 1. The summed E-state index contributed by atoms with van der Waals surface area (Å²) in [5.41, 5.74) is 1.00. The number of hydrogen-bond donors (Lipinski definition) is 1. The number of nitrogens with one attached hydrogen (secondary N) is 1. The van der Waals surface area contributed by atoms with E-state index in [-0.39, 0.29) is 23.9 Å². The zero-order valence-corrected chi connectivity index (χ0v) is 21.6. The summed E-state index contributed by atoms with van der Waals surface area (Å²) in [5.74, 6) is -0.504. The second-order valence-electron chi connectivity index (χ2n) is 8.41. The first-order valence-corrected chi connectivity index (χ1v) is 12.6. The van der Waals surface area contributed by atoms with Crippen LogP contribution in [0, 0.1) is 13.7 Å². The van der Waals surface area contributed by atoms with Gasteiger partial charge in [0.2, 0.25) is 0 Å². The molecule has 2 aliphatic rings. The van der Waals surface area contributed by atoms with Gasteiger partial charge in [-0.05, 0) is 71.7 Å². The smallest absolute Gasteiger partial charge is 0.331 e. The number of carbonyl (C=O) groups is 3. The van der Waals surface area contributed by atoms with E-state index in [9.17, 15) is 24.5 Å². The standard InChI is InChI=1S/C25H24IN3O7/c1-2-35-21-13-16(11-19-23(30)27-25(32)28(24(19)31)17-7-3-4-8-17)12-20(26)22(21)36-14-15-6-5-9-18(10-15)29(33)34/h5-6,9-13,17H,2-4,7-8,14H2,1H3,(H,27,30,32)/b19-11+. The van der Waals surface area contributed by atoms with E-state index < -0.39 is 22.8 Å². The van der Waals surface area contributed by atoms with Gasteiger partial charge in [0.15, 0.2) is 11.5 Å². The Hall–Kier alpha value is -3.48. The van der Waals surface area contributed by atoms with Crippen molar-refractivity contribution in [2.45, 2.75) is 45.3 Å². The van der Waals surface area contributed by atoms with Gasteiger partial charge in [0, 0.05) is 18.2 Å². The summed E-state index contributed by atoms with van der Waals surface area (Å²) < 4.78 is 12.4. The number of nitro benzene ring substituents is 1. The molecule has 188 valence electrons. The zero-order valence-electron chi connectivity index (χ0n) is 19.5.